The summed E-state index contributed by atoms with van der Waals surface area (Å²) in [5.41, 5.74) is 0.354. The average molecular weight is 225 g/mol. The Morgan fingerprint density at radius 3 is 2.44 bits per heavy atom. The van der Waals surface area contributed by atoms with Crippen LogP contribution in [0.4, 0.5) is 10.1 Å². The second-order valence-corrected chi connectivity index (χ2v) is 4.56. The van der Waals surface area contributed by atoms with Crippen LogP contribution in [0.3, 0.4) is 0 Å². The van der Waals surface area contributed by atoms with Crippen LogP contribution in [-0.2, 0) is 4.74 Å². The summed E-state index contributed by atoms with van der Waals surface area (Å²) in [4.78, 5) is 11.2. The lowest BCUT2D eigenvalue weighted by Gasteiger charge is -2.22. The summed E-state index contributed by atoms with van der Waals surface area (Å²) in [7, 11) is 1.27. The highest BCUT2D eigenvalue weighted by molar-refractivity contribution is 5.89. The molecule has 0 fully saturated rings. The minimum absolute atomic E-state index is 0.208. The van der Waals surface area contributed by atoms with Gasteiger partial charge in [0.2, 0.25) is 0 Å². The van der Waals surface area contributed by atoms with Crippen molar-refractivity contribution in [1.29, 1.82) is 0 Å². The topological polar surface area (TPSA) is 38.3 Å². The quantitative estimate of drug-likeness (QED) is 0.786. The zero-order chi connectivity index (χ0) is 12.3. The van der Waals surface area contributed by atoms with Crippen LogP contribution in [0.1, 0.15) is 31.1 Å². The zero-order valence-corrected chi connectivity index (χ0v) is 9.93. The van der Waals surface area contributed by atoms with E-state index >= 15 is 0 Å². The molecule has 0 aromatic heterocycles. The maximum absolute atomic E-state index is 13.6. The van der Waals surface area contributed by atoms with E-state index in [1.54, 1.807) is 0 Å². The highest BCUT2D eigenvalue weighted by Crippen LogP contribution is 2.20. The van der Waals surface area contributed by atoms with Gasteiger partial charge < -0.3 is 10.1 Å². The Morgan fingerprint density at radius 2 is 2.00 bits per heavy atom. The van der Waals surface area contributed by atoms with Crippen molar-refractivity contribution in [2.45, 2.75) is 26.3 Å². The summed E-state index contributed by atoms with van der Waals surface area (Å²) >= 11 is 0. The van der Waals surface area contributed by atoms with E-state index in [1.165, 1.54) is 25.3 Å². The molecule has 0 aliphatic carbocycles. The molecule has 0 atom stereocenters. The first-order valence-corrected chi connectivity index (χ1v) is 4.99. The minimum atomic E-state index is -0.541. The third-order valence-corrected chi connectivity index (χ3v) is 1.90. The molecular weight excluding hydrogens is 209 g/mol. The first kappa shape index (κ1) is 12.5. The van der Waals surface area contributed by atoms with Crippen LogP contribution in [0.5, 0.6) is 0 Å². The fourth-order valence-electron chi connectivity index (χ4n) is 1.27. The molecule has 0 heterocycles. The van der Waals surface area contributed by atoms with E-state index in [1.807, 2.05) is 20.8 Å². The predicted octanol–water partition coefficient (Wildman–Crippen LogP) is 2.82. The molecule has 0 unspecified atom stereocenters. The lowest BCUT2D eigenvalue weighted by atomic mass is 10.1. The first-order chi connectivity index (χ1) is 7.33. The van der Waals surface area contributed by atoms with Gasteiger partial charge in [-0.05, 0) is 39.0 Å². The number of benzene rings is 1. The van der Waals surface area contributed by atoms with Crippen molar-refractivity contribution in [1.82, 2.24) is 0 Å². The van der Waals surface area contributed by atoms with E-state index in [4.69, 9.17) is 0 Å². The number of methoxy groups -OCH3 is 1. The molecule has 0 amide bonds. The second kappa shape index (κ2) is 4.51. The SMILES string of the molecule is COC(=O)c1ccc(NC(C)(C)C)c(F)c1. The summed E-state index contributed by atoms with van der Waals surface area (Å²) in [5, 5.41) is 3.01. The summed E-state index contributed by atoms with van der Waals surface area (Å²) in [6.45, 7) is 5.79. The maximum atomic E-state index is 13.6. The Balaban J connectivity index is 2.96. The van der Waals surface area contributed by atoms with Gasteiger partial charge in [0.1, 0.15) is 5.82 Å². The molecule has 1 aromatic rings. The van der Waals surface area contributed by atoms with Crippen molar-refractivity contribution in [2.24, 2.45) is 0 Å². The van der Waals surface area contributed by atoms with Gasteiger partial charge in [0.25, 0.3) is 0 Å². The summed E-state index contributed by atoms with van der Waals surface area (Å²) in [6.07, 6.45) is 0. The largest absolute Gasteiger partial charge is 0.465 e. The molecule has 0 spiro atoms. The van der Waals surface area contributed by atoms with Gasteiger partial charge in [-0.3, -0.25) is 0 Å². The first-order valence-electron chi connectivity index (χ1n) is 4.99. The standard InChI is InChI=1S/C12H16FNO2/c1-12(2,3)14-10-6-5-8(7-9(10)13)11(15)16-4/h5-7,14H,1-4H3. The fourth-order valence-corrected chi connectivity index (χ4v) is 1.27. The Bertz CT molecular complexity index is 396. The molecule has 0 bridgehead atoms. The Hall–Kier alpha value is -1.58. The number of nitrogens with one attached hydrogen (secondary N) is 1. The van der Waals surface area contributed by atoms with Crippen LogP contribution in [-0.4, -0.2) is 18.6 Å². The number of rotatable bonds is 2. The molecule has 0 radical (unpaired) electrons. The van der Waals surface area contributed by atoms with Crippen molar-refractivity contribution in [3.8, 4) is 0 Å². The molecule has 4 heteroatoms. The number of anilines is 1. The highest BCUT2D eigenvalue weighted by atomic mass is 19.1. The van der Waals surface area contributed by atoms with E-state index < -0.39 is 11.8 Å². The van der Waals surface area contributed by atoms with E-state index in [0.29, 0.717) is 5.69 Å². The molecule has 16 heavy (non-hydrogen) atoms. The Morgan fingerprint density at radius 1 is 1.38 bits per heavy atom. The molecule has 1 N–H and O–H groups in total. The second-order valence-electron chi connectivity index (χ2n) is 4.56. The van der Waals surface area contributed by atoms with E-state index in [-0.39, 0.29) is 11.1 Å². The van der Waals surface area contributed by atoms with E-state index in [9.17, 15) is 9.18 Å². The van der Waals surface area contributed by atoms with Gasteiger partial charge in [-0.25, -0.2) is 9.18 Å². The number of hydrogen-bond acceptors (Lipinski definition) is 3. The number of ether oxygens (including phenoxy) is 1. The van der Waals surface area contributed by atoms with Crippen molar-refractivity contribution < 1.29 is 13.9 Å². The van der Waals surface area contributed by atoms with Crippen molar-refractivity contribution in [3.63, 3.8) is 0 Å². The smallest absolute Gasteiger partial charge is 0.337 e. The number of carbonyl (C=O) groups is 1. The molecule has 0 saturated carbocycles. The normalized spacial score (nSPS) is 11.1. The van der Waals surface area contributed by atoms with Gasteiger partial charge in [0.05, 0.1) is 18.4 Å². The maximum Gasteiger partial charge on any atom is 0.337 e. The number of carbonyl (C=O) groups excluding carboxylic acids is 1. The van der Waals surface area contributed by atoms with Gasteiger partial charge in [-0.15, -0.1) is 0 Å². The van der Waals surface area contributed by atoms with Gasteiger partial charge in [0.15, 0.2) is 0 Å². The molecule has 0 aliphatic rings. The molecule has 3 nitrogen and oxygen atoms in total. The Labute approximate surface area is 94.6 Å². The lowest BCUT2D eigenvalue weighted by molar-refractivity contribution is 0.0600. The summed E-state index contributed by atoms with van der Waals surface area (Å²) in [6, 6.07) is 4.23. The summed E-state index contributed by atoms with van der Waals surface area (Å²) in [5.74, 6) is -1.00. The van der Waals surface area contributed by atoms with Crippen molar-refractivity contribution >= 4 is 11.7 Å². The van der Waals surface area contributed by atoms with Crippen LogP contribution in [0, 0.1) is 5.82 Å². The van der Waals surface area contributed by atoms with E-state index in [0.717, 1.165) is 0 Å². The monoisotopic (exact) mass is 225 g/mol. The molecule has 88 valence electrons. The predicted molar refractivity (Wildman–Crippen MR) is 61.1 cm³/mol. The van der Waals surface area contributed by atoms with Crippen LogP contribution in [0.15, 0.2) is 18.2 Å². The molecule has 1 aromatic carbocycles. The third-order valence-electron chi connectivity index (χ3n) is 1.90. The third kappa shape index (κ3) is 3.22. The number of halogens is 1. The van der Waals surface area contributed by atoms with Crippen molar-refractivity contribution in [3.05, 3.63) is 29.6 Å². The average Bonchev–Trinajstić information content (AvgIpc) is 2.18. The van der Waals surface area contributed by atoms with Gasteiger partial charge in [-0.1, -0.05) is 0 Å². The lowest BCUT2D eigenvalue weighted by Crippen LogP contribution is -2.26. The Kier molecular flexibility index (Phi) is 3.52. The minimum Gasteiger partial charge on any atom is -0.465 e. The van der Waals surface area contributed by atoms with Gasteiger partial charge in [0, 0.05) is 5.54 Å². The highest BCUT2D eigenvalue weighted by Gasteiger charge is 2.14. The molecule has 1 rings (SSSR count). The zero-order valence-electron chi connectivity index (χ0n) is 9.93. The summed E-state index contributed by atoms with van der Waals surface area (Å²) < 4.78 is 18.1. The van der Waals surface area contributed by atoms with Crippen LogP contribution in [0.2, 0.25) is 0 Å². The van der Waals surface area contributed by atoms with Crippen LogP contribution < -0.4 is 5.32 Å². The molecule has 0 saturated heterocycles. The van der Waals surface area contributed by atoms with Crippen LogP contribution >= 0.6 is 0 Å². The molecular formula is C12H16FNO2. The number of hydrogen-bond donors (Lipinski definition) is 1. The van der Waals surface area contributed by atoms with Gasteiger partial charge >= 0.3 is 5.97 Å². The number of esters is 1. The fraction of sp³-hybridized carbons (Fsp3) is 0.417. The van der Waals surface area contributed by atoms with E-state index in [2.05, 4.69) is 10.1 Å². The van der Waals surface area contributed by atoms with Crippen molar-refractivity contribution in [2.75, 3.05) is 12.4 Å². The van der Waals surface area contributed by atoms with Gasteiger partial charge in [-0.2, -0.15) is 0 Å². The molecule has 0 aliphatic heterocycles. The van der Waals surface area contributed by atoms with Crippen LogP contribution in [0.25, 0.3) is 0 Å².